The second-order valence-electron chi connectivity index (χ2n) is 4.43. The van der Waals surface area contributed by atoms with E-state index in [4.69, 9.17) is 0 Å². The van der Waals surface area contributed by atoms with Crippen LogP contribution in [0, 0.1) is 0 Å². The van der Waals surface area contributed by atoms with Gasteiger partial charge in [0.1, 0.15) is 10.7 Å². The summed E-state index contributed by atoms with van der Waals surface area (Å²) in [6.07, 6.45) is 1.00. The van der Waals surface area contributed by atoms with Gasteiger partial charge < -0.3 is 15.1 Å². The van der Waals surface area contributed by atoms with Crippen molar-refractivity contribution >= 4 is 28.3 Å². The van der Waals surface area contributed by atoms with E-state index >= 15 is 0 Å². The highest BCUT2D eigenvalue weighted by molar-refractivity contribution is 7.10. The molecule has 0 unspecified atom stereocenters. The van der Waals surface area contributed by atoms with E-state index in [-0.39, 0.29) is 0 Å². The smallest absolute Gasteiger partial charge is 0.312 e. The van der Waals surface area contributed by atoms with Crippen molar-refractivity contribution in [3.8, 4) is 0 Å². The second kappa shape index (κ2) is 5.96. The normalized spacial score (nSPS) is 16.1. The highest BCUT2D eigenvalue weighted by Crippen LogP contribution is 2.20. The number of aromatic nitrogens is 2. The largest absolute Gasteiger partial charge is 0.374 e. The lowest BCUT2D eigenvalue weighted by molar-refractivity contribution is -0.155. The monoisotopic (exact) mass is 283 g/mol. The van der Waals surface area contributed by atoms with E-state index in [2.05, 4.69) is 21.8 Å². The molecule has 1 fully saturated rings. The summed E-state index contributed by atoms with van der Waals surface area (Å²) < 4.78 is 3.90. The van der Waals surface area contributed by atoms with Gasteiger partial charge in [-0.3, -0.25) is 9.59 Å². The molecular weight excluding hydrogens is 266 g/mol. The first-order valence-electron chi connectivity index (χ1n) is 6.23. The average Bonchev–Trinajstić information content (AvgIpc) is 2.84. The summed E-state index contributed by atoms with van der Waals surface area (Å²) in [5.74, 6) is -0.930. The zero-order chi connectivity index (χ0) is 13.8. The lowest BCUT2D eigenvalue weighted by Crippen LogP contribution is -2.52. The first-order chi connectivity index (χ1) is 9.13. The second-order valence-corrected chi connectivity index (χ2v) is 5.18. The number of carbonyl (C=O) groups excluding carboxylic acids is 2. The molecule has 0 radical (unpaired) electrons. The molecule has 0 aromatic carbocycles. The molecule has 1 saturated heterocycles. The Kier molecular flexibility index (Phi) is 4.31. The maximum atomic E-state index is 11.9. The summed E-state index contributed by atoms with van der Waals surface area (Å²) in [6.45, 7) is 4.34. The van der Waals surface area contributed by atoms with E-state index in [1.807, 2.05) is 0 Å². The van der Waals surface area contributed by atoms with Crippen LogP contribution in [0.5, 0.6) is 0 Å². The molecule has 0 atom stereocenters. The number of nitrogens with one attached hydrogen (secondary N) is 1. The van der Waals surface area contributed by atoms with Gasteiger partial charge in [-0.2, -0.15) is 0 Å². The van der Waals surface area contributed by atoms with Gasteiger partial charge in [0.25, 0.3) is 0 Å². The molecule has 0 spiro atoms. The predicted octanol–water partition coefficient (Wildman–Crippen LogP) is 0.161. The van der Waals surface area contributed by atoms with E-state index in [1.54, 1.807) is 7.05 Å². The van der Waals surface area contributed by atoms with Crippen molar-refractivity contribution < 1.29 is 9.59 Å². The zero-order valence-corrected chi connectivity index (χ0v) is 11.9. The summed E-state index contributed by atoms with van der Waals surface area (Å²) in [6, 6.07) is 0. The molecular formula is C11H17N5O2S. The van der Waals surface area contributed by atoms with Crippen LogP contribution in [0.2, 0.25) is 0 Å². The number of hydrogen-bond acceptors (Lipinski definition) is 6. The van der Waals surface area contributed by atoms with Crippen molar-refractivity contribution in [2.75, 3.05) is 32.0 Å². The Bertz CT molecular complexity index is 475. The molecule has 2 amide bonds. The van der Waals surface area contributed by atoms with Gasteiger partial charge in [-0.15, -0.1) is 5.10 Å². The van der Waals surface area contributed by atoms with Gasteiger partial charge in [-0.25, -0.2) is 0 Å². The van der Waals surface area contributed by atoms with Crippen LogP contribution in [0.3, 0.4) is 0 Å². The Labute approximate surface area is 115 Å². The number of hydrogen-bond donors (Lipinski definition) is 1. The molecule has 1 aromatic rings. The molecule has 7 nitrogen and oxygen atoms in total. The van der Waals surface area contributed by atoms with Gasteiger partial charge in [-0.1, -0.05) is 11.4 Å². The number of rotatable bonds is 5. The van der Waals surface area contributed by atoms with Gasteiger partial charge in [-0.05, 0) is 6.42 Å². The van der Waals surface area contributed by atoms with Gasteiger partial charge in [0.15, 0.2) is 0 Å². The Hall–Kier alpha value is -1.70. The molecule has 0 bridgehead atoms. The fourth-order valence-corrected chi connectivity index (χ4v) is 2.39. The third kappa shape index (κ3) is 3.01. The molecule has 19 heavy (non-hydrogen) atoms. The fraction of sp³-hybridized carbons (Fsp3) is 0.636. The first kappa shape index (κ1) is 13.7. The van der Waals surface area contributed by atoms with Crippen LogP contribution in [0.1, 0.15) is 19.0 Å². The van der Waals surface area contributed by atoms with Crippen molar-refractivity contribution in [2.24, 2.45) is 0 Å². The Morgan fingerprint density at radius 3 is 2.84 bits per heavy atom. The Balaban J connectivity index is 2.03. The standard InChI is InChI=1S/C11H17N5O2S/c1-3-4-12-9-8(13-14-19-9)7-16-6-5-15(2)10(17)11(16)18/h12H,3-7H2,1-2H3. The van der Waals surface area contributed by atoms with Crippen LogP contribution in [0.25, 0.3) is 0 Å². The zero-order valence-electron chi connectivity index (χ0n) is 11.0. The maximum absolute atomic E-state index is 11.9. The van der Waals surface area contributed by atoms with Gasteiger partial charge in [0.05, 0.1) is 6.54 Å². The SMILES string of the molecule is CCCNc1snnc1CN1CCN(C)C(=O)C1=O. The maximum Gasteiger partial charge on any atom is 0.312 e. The molecule has 2 rings (SSSR count). The molecule has 0 saturated carbocycles. The summed E-state index contributed by atoms with van der Waals surface area (Å²) in [5, 5.41) is 8.13. The Morgan fingerprint density at radius 1 is 1.32 bits per heavy atom. The van der Waals surface area contributed by atoms with E-state index in [0.29, 0.717) is 19.6 Å². The van der Waals surface area contributed by atoms with E-state index in [1.165, 1.54) is 21.3 Å². The van der Waals surface area contributed by atoms with Crippen LogP contribution in [0.15, 0.2) is 0 Å². The highest BCUT2D eigenvalue weighted by Gasteiger charge is 2.31. The van der Waals surface area contributed by atoms with E-state index in [0.717, 1.165) is 23.7 Å². The molecule has 1 aromatic heterocycles. The number of anilines is 1. The van der Waals surface area contributed by atoms with Crippen molar-refractivity contribution in [3.05, 3.63) is 5.69 Å². The lowest BCUT2D eigenvalue weighted by Gasteiger charge is -2.31. The van der Waals surface area contributed by atoms with E-state index < -0.39 is 11.8 Å². The minimum Gasteiger partial charge on any atom is -0.374 e. The minimum atomic E-state index is -0.469. The van der Waals surface area contributed by atoms with Gasteiger partial charge >= 0.3 is 11.8 Å². The fourth-order valence-electron chi connectivity index (χ4n) is 1.79. The van der Waals surface area contributed by atoms with Crippen molar-refractivity contribution in [1.82, 2.24) is 19.4 Å². The quantitative estimate of drug-likeness (QED) is 0.779. The molecule has 1 aliphatic heterocycles. The van der Waals surface area contributed by atoms with Crippen LogP contribution in [0.4, 0.5) is 5.00 Å². The van der Waals surface area contributed by atoms with Crippen LogP contribution in [-0.2, 0) is 16.1 Å². The number of nitrogens with zero attached hydrogens (tertiary/aromatic N) is 4. The van der Waals surface area contributed by atoms with Crippen LogP contribution >= 0.6 is 11.5 Å². The summed E-state index contributed by atoms with van der Waals surface area (Å²) >= 11 is 1.28. The summed E-state index contributed by atoms with van der Waals surface area (Å²) in [5.41, 5.74) is 0.726. The van der Waals surface area contributed by atoms with Crippen LogP contribution in [-0.4, -0.2) is 57.9 Å². The lowest BCUT2D eigenvalue weighted by atomic mass is 10.3. The number of carbonyl (C=O) groups is 2. The number of amides is 2. The molecule has 8 heteroatoms. The van der Waals surface area contributed by atoms with Crippen molar-refractivity contribution in [2.45, 2.75) is 19.9 Å². The van der Waals surface area contributed by atoms with Gasteiger partial charge in [0, 0.05) is 38.2 Å². The summed E-state index contributed by atoms with van der Waals surface area (Å²) in [4.78, 5) is 26.4. The van der Waals surface area contributed by atoms with Crippen molar-refractivity contribution in [1.29, 1.82) is 0 Å². The molecule has 1 N–H and O–H groups in total. The third-order valence-corrected chi connectivity index (χ3v) is 3.68. The minimum absolute atomic E-state index is 0.334. The summed E-state index contributed by atoms with van der Waals surface area (Å²) in [7, 11) is 1.64. The van der Waals surface area contributed by atoms with Crippen molar-refractivity contribution in [3.63, 3.8) is 0 Å². The third-order valence-electron chi connectivity index (χ3n) is 2.95. The van der Waals surface area contributed by atoms with Crippen LogP contribution < -0.4 is 5.32 Å². The molecule has 104 valence electrons. The highest BCUT2D eigenvalue weighted by atomic mass is 32.1. The predicted molar refractivity (Wildman–Crippen MR) is 71.7 cm³/mol. The Morgan fingerprint density at radius 2 is 2.11 bits per heavy atom. The first-order valence-corrected chi connectivity index (χ1v) is 7.00. The number of likely N-dealkylation sites (N-methyl/N-ethyl adjacent to an activating group) is 1. The molecule has 0 aliphatic carbocycles. The molecule has 1 aliphatic rings. The number of piperazine rings is 1. The van der Waals surface area contributed by atoms with Gasteiger partial charge in [0.2, 0.25) is 0 Å². The molecule has 2 heterocycles. The average molecular weight is 283 g/mol. The topological polar surface area (TPSA) is 78.4 Å². The van der Waals surface area contributed by atoms with E-state index in [9.17, 15) is 9.59 Å².